The van der Waals surface area contributed by atoms with Crippen LogP contribution in [0.2, 0.25) is 0 Å². The molecule has 1 N–H and O–H groups in total. The number of hydrogen-bond acceptors (Lipinski definition) is 2. The highest BCUT2D eigenvalue weighted by Crippen LogP contribution is 2.44. The van der Waals surface area contributed by atoms with Crippen LogP contribution in [-0.2, 0) is 4.74 Å². The number of hydrogen-bond donors (Lipinski definition) is 1. The number of nitrogens with one attached hydrogen (secondary N) is 1. The summed E-state index contributed by atoms with van der Waals surface area (Å²) in [6.07, 6.45) is 8.81. The summed E-state index contributed by atoms with van der Waals surface area (Å²) >= 11 is 0. The first kappa shape index (κ1) is 16.0. The van der Waals surface area contributed by atoms with E-state index in [0.29, 0.717) is 11.5 Å². The SMILES string of the molecule is CCCCC(NC)C1(OCC)CCC(C)(C)CC1. The van der Waals surface area contributed by atoms with Crippen LogP contribution < -0.4 is 5.32 Å². The minimum atomic E-state index is 0.0915. The van der Waals surface area contributed by atoms with Gasteiger partial charge in [0.05, 0.1) is 5.60 Å². The van der Waals surface area contributed by atoms with Crippen molar-refractivity contribution in [3.63, 3.8) is 0 Å². The molecule has 0 bridgehead atoms. The molecule has 1 fully saturated rings. The van der Waals surface area contributed by atoms with Crippen molar-refractivity contribution in [1.82, 2.24) is 5.32 Å². The standard InChI is InChI=1S/C16H33NO/c1-6-8-9-14(17-5)16(18-7-2)12-10-15(3,4)11-13-16/h14,17H,6-13H2,1-5H3. The van der Waals surface area contributed by atoms with Gasteiger partial charge in [0.25, 0.3) is 0 Å². The van der Waals surface area contributed by atoms with E-state index in [4.69, 9.17) is 4.74 Å². The summed E-state index contributed by atoms with van der Waals surface area (Å²) < 4.78 is 6.25. The molecule has 1 atom stereocenters. The lowest BCUT2D eigenvalue weighted by molar-refractivity contribution is -0.107. The lowest BCUT2D eigenvalue weighted by atomic mass is 9.67. The third-order valence-electron chi connectivity index (χ3n) is 4.71. The van der Waals surface area contributed by atoms with Crippen molar-refractivity contribution in [2.75, 3.05) is 13.7 Å². The molecule has 18 heavy (non-hydrogen) atoms. The Morgan fingerprint density at radius 2 is 1.72 bits per heavy atom. The van der Waals surface area contributed by atoms with Gasteiger partial charge in [-0.2, -0.15) is 0 Å². The molecule has 0 aliphatic heterocycles. The summed E-state index contributed by atoms with van der Waals surface area (Å²) in [7, 11) is 2.10. The molecule has 0 heterocycles. The second-order valence-corrected chi connectivity index (χ2v) is 6.65. The summed E-state index contributed by atoms with van der Waals surface area (Å²) in [6.45, 7) is 10.0. The lowest BCUT2D eigenvalue weighted by Crippen LogP contribution is -2.54. The van der Waals surface area contributed by atoms with Gasteiger partial charge in [-0.25, -0.2) is 0 Å². The predicted molar refractivity (Wildman–Crippen MR) is 79.0 cm³/mol. The first-order chi connectivity index (χ1) is 8.49. The zero-order chi connectivity index (χ0) is 13.6. The van der Waals surface area contributed by atoms with Gasteiger partial charge in [-0.05, 0) is 51.5 Å². The van der Waals surface area contributed by atoms with E-state index in [-0.39, 0.29) is 5.60 Å². The molecule has 0 spiro atoms. The highest BCUT2D eigenvalue weighted by molar-refractivity contribution is 4.98. The Kier molecular flexibility index (Phi) is 6.13. The Balaban J connectivity index is 2.72. The van der Waals surface area contributed by atoms with Crippen molar-refractivity contribution >= 4 is 0 Å². The molecule has 0 aromatic rings. The molecule has 108 valence electrons. The predicted octanol–water partition coefficient (Wildman–Crippen LogP) is 4.14. The highest BCUT2D eigenvalue weighted by Gasteiger charge is 2.43. The van der Waals surface area contributed by atoms with Gasteiger partial charge in [0.15, 0.2) is 0 Å². The topological polar surface area (TPSA) is 21.3 Å². The van der Waals surface area contributed by atoms with E-state index in [1.807, 2.05) is 0 Å². The third kappa shape index (κ3) is 3.96. The normalized spacial score (nSPS) is 23.8. The Morgan fingerprint density at radius 1 is 1.11 bits per heavy atom. The highest BCUT2D eigenvalue weighted by atomic mass is 16.5. The van der Waals surface area contributed by atoms with Gasteiger partial charge < -0.3 is 10.1 Å². The van der Waals surface area contributed by atoms with Crippen LogP contribution in [0.15, 0.2) is 0 Å². The van der Waals surface area contributed by atoms with Crippen molar-refractivity contribution in [3.8, 4) is 0 Å². The van der Waals surface area contributed by atoms with Crippen molar-refractivity contribution in [1.29, 1.82) is 0 Å². The summed E-state index contributed by atoms with van der Waals surface area (Å²) in [6, 6.07) is 0.522. The van der Waals surface area contributed by atoms with Crippen LogP contribution in [0.3, 0.4) is 0 Å². The number of rotatable bonds is 7. The summed E-state index contributed by atoms with van der Waals surface area (Å²) in [5.41, 5.74) is 0.595. The second kappa shape index (κ2) is 6.91. The average molecular weight is 255 g/mol. The number of ether oxygens (including phenoxy) is 1. The average Bonchev–Trinajstić information content (AvgIpc) is 2.34. The third-order valence-corrected chi connectivity index (χ3v) is 4.71. The molecule has 0 aromatic carbocycles. The van der Waals surface area contributed by atoms with E-state index in [0.717, 1.165) is 6.61 Å². The van der Waals surface area contributed by atoms with Crippen molar-refractivity contribution in [3.05, 3.63) is 0 Å². The van der Waals surface area contributed by atoms with E-state index in [1.54, 1.807) is 0 Å². The molecule has 0 aromatic heterocycles. The first-order valence-electron chi connectivity index (χ1n) is 7.81. The zero-order valence-corrected chi connectivity index (χ0v) is 13.1. The fourth-order valence-corrected chi connectivity index (χ4v) is 3.31. The smallest absolute Gasteiger partial charge is 0.0834 e. The van der Waals surface area contributed by atoms with Gasteiger partial charge in [-0.3, -0.25) is 0 Å². The van der Waals surface area contributed by atoms with Gasteiger partial charge in [-0.15, -0.1) is 0 Å². The summed E-state index contributed by atoms with van der Waals surface area (Å²) in [5.74, 6) is 0. The molecule has 1 rings (SSSR count). The Bertz CT molecular complexity index is 227. The number of likely N-dealkylation sites (N-methyl/N-ethyl adjacent to an activating group) is 1. The number of unbranched alkanes of at least 4 members (excludes halogenated alkanes) is 1. The van der Waals surface area contributed by atoms with Gasteiger partial charge in [0.1, 0.15) is 0 Å². The van der Waals surface area contributed by atoms with Crippen LogP contribution in [0.4, 0.5) is 0 Å². The monoisotopic (exact) mass is 255 g/mol. The molecule has 2 heteroatoms. The van der Waals surface area contributed by atoms with Crippen LogP contribution in [0.1, 0.15) is 72.6 Å². The lowest BCUT2D eigenvalue weighted by Gasteiger charge is -2.47. The maximum absolute atomic E-state index is 6.25. The molecule has 1 unspecified atom stereocenters. The van der Waals surface area contributed by atoms with Crippen molar-refractivity contribution in [2.24, 2.45) is 5.41 Å². The van der Waals surface area contributed by atoms with Crippen molar-refractivity contribution in [2.45, 2.75) is 84.3 Å². The molecule has 0 amide bonds. The van der Waals surface area contributed by atoms with Crippen LogP contribution in [-0.4, -0.2) is 25.3 Å². The zero-order valence-electron chi connectivity index (χ0n) is 13.1. The van der Waals surface area contributed by atoms with Gasteiger partial charge in [0.2, 0.25) is 0 Å². The molecule has 1 aliphatic rings. The second-order valence-electron chi connectivity index (χ2n) is 6.65. The van der Waals surface area contributed by atoms with E-state index in [1.165, 1.54) is 44.9 Å². The van der Waals surface area contributed by atoms with Crippen LogP contribution in [0, 0.1) is 5.41 Å². The molecule has 1 saturated carbocycles. The quantitative estimate of drug-likeness (QED) is 0.738. The van der Waals surface area contributed by atoms with E-state index < -0.39 is 0 Å². The molecular weight excluding hydrogens is 222 g/mol. The summed E-state index contributed by atoms with van der Waals surface area (Å²) in [5, 5.41) is 3.53. The maximum Gasteiger partial charge on any atom is 0.0834 e. The van der Waals surface area contributed by atoms with Crippen molar-refractivity contribution < 1.29 is 4.74 Å². The van der Waals surface area contributed by atoms with Gasteiger partial charge in [0, 0.05) is 12.6 Å². The van der Waals surface area contributed by atoms with E-state index >= 15 is 0 Å². The first-order valence-corrected chi connectivity index (χ1v) is 7.81. The van der Waals surface area contributed by atoms with Crippen LogP contribution in [0.5, 0.6) is 0 Å². The van der Waals surface area contributed by atoms with E-state index in [2.05, 4.69) is 40.1 Å². The van der Waals surface area contributed by atoms with Gasteiger partial charge in [-0.1, -0.05) is 33.6 Å². The Labute approximate surface area is 114 Å². The van der Waals surface area contributed by atoms with E-state index in [9.17, 15) is 0 Å². The summed E-state index contributed by atoms with van der Waals surface area (Å²) in [4.78, 5) is 0. The molecule has 0 saturated heterocycles. The van der Waals surface area contributed by atoms with Crippen LogP contribution in [0.25, 0.3) is 0 Å². The minimum Gasteiger partial charge on any atom is -0.374 e. The largest absolute Gasteiger partial charge is 0.374 e. The Morgan fingerprint density at radius 3 is 2.17 bits per heavy atom. The van der Waals surface area contributed by atoms with Gasteiger partial charge >= 0.3 is 0 Å². The molecule has 1 aliphatic carbocycles. The fourth-order valence-electron chi connectivity index (χ4n) is 3.31. The Hall–Kier alpha value is -0.0800. The fraction of sp³-hybridized carbons (Fsp3) is 1.00. The van der Waals surface area contributed by atoms with Crippen LogP contribution >= 0.6 is 0 Å². The molecule has 0 radical (unpaired) electrons. The maximum atomic E-state index is 6.25. The molecule has 2 nitrogen and oxygen atoms in total. The molecular formula is C16H33NO. The minimum absolute atomic E-state index is 0.0915.